The lowest BCUT2D eigenvalue weighted by Gasteiger charge is -2.47. The Balaban J connectivity index is 2.70. The highest BCUT2D eigenvalue weighted by Crippen LogP contribution is 2.52. The van der Waals surface area contributed by atoms with Crippen LogP contribution in [0.4, 0.5) is 32.0 Å². The predicted octanol–water partition coefficient (Wildman–Crippen LogP) is 5.44. The molecule has 1 heterocycles. The second-order valence-electron chi connectivity index (χ2n) is 5.26. The standard InChI is InChI=1S/C14H13ClF6N2/c1-2-5-12(14(19,20)21)10-6-9(15)3-4-11(10)22-8-23(12)7-13(16,17)18/h3-4,6,8H,2,5,7H2,1H3. The van der Waals surface area contributed by atoms with Gasteiger partial charge in [-0.25, -0.2) is 4.99 Å². The summed E-state index contributed by atoms with van der Waals surface area (Å²) in [5, 5.41) is 0.0116. The molecule has 1 unspecified atom stereocenters. The van der Waals surface area contributed by atoms with Crippen molar-refractivity contribution in [3.8, 4) is 0 Å². The SMILES string of the molecule is CCCC1(C(F)(F)F)c2cc(Cl)ccc2N=CN1CC(F)(F)F. The predicted molar refractivity (Wildman–Crippen MR) is 75.0 cm³/mol. The molecule has 1 aromatic rings. The number of halogens is 7. The molecule has 1 aliphatic rings. The van der Waals surface area contributed by atoms with Crippen LogP contribution < -0.4 is 0 Å². The van der Waals surface area contributed by atoms with Crippen LogP contribution in [0.15, 0.2) is 23.2 Å². The summed E-state index contributed by atoms with van der Waals surface area (Å²) in [5.74, 6) is 0. The highest BCUT2D eigenvalue weighted by Gasteiger charge is 2.61. The third kappa shape index (κ3) is 3.27. The zero-order valence-corrected chi connectivity index (χ0v) is 12.7. The van der Waals surface area contributed by atoms with Crippen molar-refractivity contribution in [3.63, 3.8) is 0 Å². The van der Waals surface area contributed by atoms with Gasteiger partial charge in [0, 0.05) is 10.6 Å². The van der Waals surface area contributed by atoms with Crippen molar-refractivity contribution < 1.29 is 26.3 Å². The van der Waals surface area contributed by atoms with Crippen LogP contribution in [0, 0.1) is 0 Å². The van der Waals surface area contributed by atoms with E-state index in [1.165, 1.54) is 19.1 Å². The molecule has 0 spiro atoms. The molecule has 0 amide bonds. The molecule has 23 heavy (non-hydrogen) atoms. The number of rotatable bonds is 3. The van der Waals surface area contributed by atoms with E-state index < -0.39 is 30.9 Å². The van der Waals surface area contributed by atoms with Crippen molar-refractivity contribution in [2.24, 2.45) is 4.99 Å². The summed E-state index contributed by atoms with van der Waals surface area (Å²) in [6.45, 7) is -0.267. The molecule has 0 saturated carbocycles. The number of nitrogens with zero attached hydrogens (tertiary/aromatic N) is 2. The molecule has 0 radical (unpaired) electrons. The van der Waals surface area contributed by atoms with Crippen LogP contribution in [0.3, 0.4) is 0 Å². The van der Waals surface area contributed by atoms with Crippen LogP contribution in [-0.2, 0) is 5.54 Å². The van der Waals surface area contributed by atoms with E-state index >= 15 is 0 Å². The van der Waals surface area contributed by atoms with Crippen molar-refractivity contribution in [3.05, 3.63) is 28.8 Å². The fraction of sp³-hybridized carbons (Fsp3) is 0.500. The molecular formula is C14H13ClF6N2. The van der Waals surface area contributed by atoms with Crippen molar-refractivity contribution in [1.29, 1.82) is 0 Å². The van der Waals surface area contributed by atoms with E-state index in [9.17, 15) is 26.3 Å². The maximum absolute atomic E-state index is 13.9. The Labute approximate surface area is 133 Å². The smallest absolute Gasteiger partial charge is 0.335 e. The van der Waals surface area contributed by atoms with Gasteiger partial charge in [0.1, 0.15) is 6.54 Å². The molecule has 0 aromatic heterocycles. The molecule has 2 nitrogen and oxygen atoms in total. The van der Waals surface area contributed by atoms with E-state index in [2.05, 4.69) is 4.99 Å². The average Bonchev–Trinajstić information content (AvgIpc) is 2.38. The van der Waals surface area contributed by atoms with Gasteiger partial charge in [-0.1, -0.05) is 24.9 Å². The Morgan fingerprint density at radius 1 is 1.17 bits per heavy atom. The first-order valence-electron chi connectivity index (χ1n) is 6.75. The lowest BCUT2D eigenvalue weighted by atomic mass is 9.81. The van der Waals surface area contributed by atoms with Gasteiger partial charge < -0.3 is 4.90 Å². The normalized spacial score (nSPS) is 21.5. The summed E-state index contributed by atoms with van der Waals surface area (Å²) in [7, 11) is 0. The molecule has 0 fully saturated rings. The van der Waals surface area contributed by atoms with Gasteiger partial charge in [0.25, 0.3) is 0 Å². The number of hydrogen-bond donors (Lipinski definition) is 0. The summed E-state index contributed by atoms with van der Waals surface area (Å²) in [4.78, 5) is 3.95. The lowest BCUT2D eigenvalue weighted by Crippen LogP contribution is -2.59. The topological polar surface area (TPSA) is 15.6 Å². The fourth-order valence-electron chi connectivity index (χ4n) is 2.80. The second-order valence-corrected chi connectivity index (χ2v) is 5.69. The van der Waals surface area contributed by atoms with E-state index in [1.807, 2.05) is 0 Å². The summed E-state index contributed by atoms with van der Waals surface area (Å²) < 4.78 is 80.0. The molecule has 9 heteroatoms. The molecule has 2 rings (SSSR count). The summed E-state index contributed by atoms with van der Waals surface area (Å²) in [6.07, 6.45) is -9.61. The summed E-state index contributed by atoms with van der Waals surface area (Å²) in [6, 6.07) is 3.67. The number of aliphatic imine (C=N–C) groups is 1. The molecule has 0 saturated heterocycles. The molecular weight excluding hydrogens is 346 g/mol. The number of hydrogen-bond acceptors (Lipinski definition) is 2. The average molecular weight is 359 g/mol. The van der Waals surface area contributed by atoms with E-state index in [4.69, 9.17) is 11.6 Å². The number of benzene rings is 1. The Morgan fingerprint density at radius 3 is 2.35 bits per heavy atom. The maximum atomic E-state index is 13.9. The molecule has 0 bridgehead atoms. The third-order valence-corrected chi connectivity index (χ3v) is 3.90. The molecule has 0 N–H and O–H groups in total. The van der Waals surface area contributed by atoms with E-state index in [0.29, 0.717) is 6.34 Å². The first-order valence-corrected chi connectivity index (χ1v) is 7.13. The van der Waals surface area contributed by atoms with Crippen LogP contribution in [0.2, 0.25) is 5.02 Å². The Bertz CT molecular complexity index is 610. The summed E-state index contributed by atoms with van der Waals surface area (Å²) >= 11 is 5.78. The van der Waals surface area contributed by atoms with Gasteiger partial charge in [0.15, 0.2) is 5.54 Å². The van der Waals surface area contributed by atoms with Crippen molar-refractivity contribution >= 4 is 23.6 Å². The van der Waals surface area contributed by atoms with Crippen LogP contribution >= 0.6 is 11.6 Å². The van der Waals surface area contributed by atoms with E-state index in [1.54, 1.807) is 0 Å². The van der Waals surface area contributed by atoms with Crippen LogP contribution in [-0.4, -0.2) is 30.1 Å². The van der Waals surface area contributed by atoms with Crippen LogP contribution in [0.1, 0.15) is 25.3 Å². The largest absolute Gasteiger partial charge is 0.416 e. The van der Waals surface area contributed by atoms with Crippen LogP contribution in [0.5, 0.6) is 0 Å². The quantitative estimate of drug-likeness (QED) is 0.657. The lowest BCUT2D eigenvalue weighted by molar-refractivity contribution is -0.243. The highest BCUT2D eigenvalue weighted by molar-refractivity contribution is 6.30. The van der Waals surface area contributed by atoms with Crippen molar-refractivity contribution in [2.75, 3.05) is 6.54 Å². The minimum Gasteiger partial charge on any atom is -0.335 e. The molecule has 1 aliphatic heterocycles. The van der Waals surface area contributed by atoms with Crippen molar-refractivity contribution in [1.82, 2.24) is 4.90 Å². The Hall–Kier alpha value is -1.44. The van der Waals surface area contributed by atoms with Gasteiger partial charge in [-0.2, -0.15) is 26.3 Å². The zero-order chi connectivity index (χ0) is 17.5. The maximum Gasteiger partial charge on any atom is 0.416 e. The van der Waals surface area contributed by atoms with Gasteiger partial charge in [0.05, 0.1) is 12.0 Å². The van der Waals surface area contributed by atoms with E-state index in [0.717, 1.165) is 6.07 Å². The monoisotopic (exact) mass is 358 g/mol. The zero-order valence-electron chi connectivity index (χ0n) is 12.0. The molecule has 0 aliphatic carbocycles. The molecule has 1 aromatic carbocycles. The first-order chi connectivity index (χ1) is 10.5. The van der Waals surface area contributed by atoms with Gasteiger partial charge >= 0.3 is 12.4 Å². The number of fused-ring (bicyclic) bond motifs is 1. The minimum atomic E-state index is -4.93. The third-order valence-electron chi connectivity index (χ3n) is 3.66. The van der Waals surface area contributed by atoms with Gasteiger partial charge in [-0.05, 0) is 24.6 Å². The minimum absolute atomic E-state index is 0.0116. The first kappa shape index (κ1) is 17.9. The van der Waals surface area contributed by atoms with E-state index in [-0.39, 0.29) is 27.6 Å². The fourth-order valence-corrected chi connectivity index (χ4v) is 2.98. The van der Waals surface area contributed by atoms with Crippen molar-refractivity contribution in [2.45, 2.75) is 37.7 Å². The number of alkyl halides is 6. The van der Waals surface area contributed by atoms with Crippen LogP contribution in [0.25, 0.3) is 0 Å². The Morgan fingerprint density at radius 2 is 1.83 bits per heavy atom. The van der Waals surface area contributed by atoms with Gasteiger partial charge in [-0.15, -0.1) is 0 Å². The Kier molecular flexibility index (Phi) is 4.58. The molecule has 128 valence electrons. The van der Waals surface area contributed by atoms with Gasteiger partial charge in [-0.3, -0.25) is 0 Å². The highest BCUT2D eigenvalue weighted by atomic mass is 35.5. The summed E-state index contributed by atoms with van der Waals surface area (Å²) in [5.41, 5.74) is -3.19. The second kappa shape index (κ2) is 5.89. The molecule has 1 atom stereocenters. The van der Waals surface area contributed by atoms with Gasteiger partial charge in [0.2, 0.25) is 0 Å².